The van der Waals surface area contributed by atoms with Crippen LogP contribution < -0.4 is 5.32 Å². The number of rotatable bonds is 4. The maximum Gasteiger partial charge on any atom is 0.320 e. The highest BCUT2D eigenvalue weighted by Crippen LogP contribution is 2.20. The topological polar surface area (TPSA) is 38.8 Å². The Morgan fingerprint density at radius 2 is 2.05 bits per heavy atom. The first-order chi connectivity index (χ1) is 8.97. The lowest BCUT2D eigenvalue weighted by atomic mass is 10.0. The van der Waals surface area contributed by atoms with Gasteiger partial charge >= 0.3 is 6.03 Å². The van der Waals surface area contributed by atoms with Gasteiger partial charge in [0, 0.05) is 45.8 Å². The first kappa shape index (κ1) is 14.6. The summed E-state index contributed by atoms with van der Waals surface area (Å²) in [6, 6.07) is 0.989. The van der Waals surface area contributed by atoms with Crippen molar-refractivity contribution in [2.75, 3.05) is 46.8 Å². The molecule has 2 atom stereocenters. The quantitative estimate of drug-likeness (QED) is 0.814. The minimum atomic E-state index is 0.195. The summed E-state index contributed by atoms with van der Waals surface area (Å²) in [5.74, 6) is 0.638. The van der Waals surface area contributed by atoms with Crippen molar-refractivity contribution in [3.05, 3.63) is 0 Å². The van der Waals surface area contributed by atoms with E-state index in [1.54, 1.807) is 0 Å². The van der Waals surface area contributed by atoms with Crippen LogP contribution in [0.3, 0.4) is 0 Å². The second-order valence-electron chi connectivity index (χ2n) is 6.50. The Kier molecular flexibility index (Phi) is 4.68. The van der Waals surface area contributed by atoms with Crippen LogP contribution in [-0.2, 0) is 0 Å². The van der Waals surface area contributed by atoms with E-state index in [9.17, 15) is 4.79 Å². The van der Waals surface area contributed by atoms with Crippen molar-refractivity contribution in [1.82, 2.24) is 20.0 Å². The van der Waals surface area contributed by atoms with Crippen LogP contribution in [0.5, 0.6) is 0 Å². The number of likely N-dealkylation sites (N-methyl/N-ethyl adjacent to an activating group) is 2. The van der Waals surface area contributed by atoms with E-state index in [4.69, 9.17) is 0 Å². The van der Waals surface area contributed by atoms with Crippen LogP contribution in [0.15, 0.2) is 0 Å². The molecule has 2 aliphatic rings. The standard InChI is InChI=1S/C14H28N4O/c1-11(2)7-13-10-18(14(19)17(13)4)9-12-8-16(3)6-5-15-12/h11-13,15H,5-10H2,1-4H3. The molecule has 5 nitrogen and oxygen atoms in total. The summed E-state index contributed by atoms with van der Waals surface area (Å²) in [6.45, 7) is 9.31. The van der Waals surface area contributed by atoms with Crippen molar-refractivity contribution < 1.29 is 4.79 Å². The average molecular weight is 268 g/mol. The largest absolute Gasteiger partial charge is 0.323 e. The molecule has 0 aromatic rings. The molecular formula is C14H28N4O. The van der Waals surface area contributed by atoms with Gasteiger partial charge in [-0.1, -0.05) is 13.8 Å². The van der Waals surface area contributed by atoms with Crippen molar-refractivity contribution in [2.24, 2.45) is 5.92 Å². The van der Waals surface area contributed by atoms with Gasteiger partial charge in [0.15, 0.2) is 0 Å². The number of nitrogens with zero attached hydrogens (tertiary/aromatic N) is 3. The summed E-state index contributed by atoms with van der Waals surface area (Å²) in [5.41, 5.74) is 0. The Morgan fingerprint density at radius 1 is 1.32 bits per heavy atom. The lowest BCUT2D eigenvalue weighted by Gasteiger charge is -2.33. The molecule has 0 bridgehead atoms. The molecular weight excluding hydrogens is 240 g/mol. The zero-order valence-corrected chi connectivity index (χ0v) is 12.7. The zero-order chi connectivity index (χ0) is 14.0. The number of nitrogens with one attached hydrogen (secondary N) is 1. The first-order valence-electron chi connectivity index (χ1n) is 7.41. The Bertz CT molecular complexity index is 321. The minimum Gasteiger partial charge on any atom is -0.323 e. The van der Waals surface area contributed by atoms with Gasteiger partial charge in [-0.05, 0) is 19.4 Å². The predicted octanol–water partition coefficient (Wildman–Crippen LogP) is 0.672. The van der Waals surface area contributed by atoms with Gasteiger partial charge in [-0.3, -0.25) is 0 Å². The highest BCUT2D eigenvalue weighted by Gasteiger charge is 2.36. The number of hydrogen-bond donors (Lipinski definition) is 1. The van der Waals surface area contributed by atoms with Crippen LogP contribution in [0.2, 0.25) is 0 Å². The summed E-state index contributed by atoms with van der Waals surface area (Å²) < 4.78 is 0. The number of amides is 2. The smallest absolute Gasteiger partial charge is 0.320 e. The van der Waals surface area contributed by atoms with E-state index in [2.05, 4.69) is 31.1 Å². The molecule has 110 valence electrons. The van der Waals surface area contributed by atoms with Crippen LogP contribution in [0.25, 0.3) is 0 Å². The van der Waals surface area contributed by atoms with Gasteiger partial charge in [0.2, 0.25) is 0 Å². The van der Waals surface area contributed by atoms with E-state index in [1.165, 1.54) is 0 Å². The van der Waals surface area contributed by atoms with Crippen molar-refractivity contribution in [3.63, 3.8) is 0 Å². The fourth-order valence-corrected chi connectivity index (χ4v) is 3.14. The Morgan fingerprint density at radius 3 is 2.68 bits per heavy atom. The van der Waals surface area contributed by atoms with Crippen LogP contribution in [0, 0.1) is 5.92 Å². The fourth-order valence-electron chi connectivity index (χ4n) is 3.14. The van der Waals surface area contributed by atoms with Crippen LogP contribution >= 0.6 is 0 Å². The van der Waals surface area contributed by atoms with E-state index in [0.29, 0.717) is 18.0 Å². The van der Waals surface area contributed by atoms with Gasteiger partial charge in [0.1, 0.15) is 0 Å². The summed E-state index contributed by atoms with van der Waals surface area (Å²) in [6.07, 6.45) is 1.09. The molecule has 0 aliphatic carbocycles. The highest BCUT2D eigenvalue weighted by atomic mass is 16.2. The number of urea groups is 1. The Labute approximate surface area is 116 Å². The van der Waals surface area contributed by atoms with E-state index in [-0.39, 0.29) is 6.03 Å². The van der Waals surface area contributed by atoms with Gasteiger partial charge in [0.05, 0.1) is 6.04 Å². The van der Waals surface area contributed by atoms with Gasteiger partial charge in [-0.2, -0.15) is 0 Å². The van der Waals surface area contributed by atoms with E-state index >= 15 is 0 Å². The van der Waals surface area contributed by atoms with Gasteiger partial charge in [-0.25, -0.2) is 4.79 Å². The molecule has 5 heteroatoms. The number of carbonyl (C=O) groups excluding carboxylic acids is 1. The molecule has 0 spiro atoms. The third kappa shape index (κ3) is 3.60. The molecule has 0 aromatic carbocycles. The Hall–Kier alpha value is -0.810. The highest BCUT2D eigenvalue weighted by molar-refractivity contribution is 5.76. The molecule has 0 aromatic heterocycles. The van der Waals surface area contributed by atoms with Crippen molar-refractivity contribution >= 4 is 6.03 Å². The van der Waals surface area contributed by atoms with E-state index in [1.807, 2.05) is 16.8 Å². The summed E-state index contributed by atoms with van der Waals surface area (Å²) in [4.78, 5) is 18.5. The Balaban J connectivity index is 1.88. The van der Waals surface area contributed by atoms with Crippen LogP contribution in [0.4, 0.5) is 4.79 Å². The lowest BCUT2D eigenvalue weighted by molar-refractivity contribution is 0.176. The van der Waals surface area contributed by atoms with Crippen molar-refractivity contribution in [2.45, 2.75) is 32.4 Å². The molecule has 2 heterocycles. The first-order valence-corrected chi connectivity index (χ1v) is 7.41. The average Bonchev–Trinajstić information content (AvgIpc) is 2.57. The number of piperazine rings is 1. The maximum absolute atomic E-state index is 12.3. The fraction of sp³-hybridized carbons (Fsp3) is 0.929. The molecule has 2 unspecified atom stereocenters. The molecule has 1 N–H and O–H groups in total. The third-order valence-corrected chi connectivity index (χ3v) is 4.19. The molecule has 19 heavy (non-hydrogen) atoms. The summed E-state index contributed by atoms with van der Waals surface area (Å²) in [7, 11) is 4.09. The predicted molar refractivity (Wildman–Crippen MR) is 77.3 cm³/mol. The summed E-state index contributed by atoms with van der Waals surface area (Å²) >= 11 is 0. The van der Waals surface area contributed by atoms with Gasteiger partial charge in [-0.15, -0.1) is 0 Å². The second kappa shape index (κ2) is 6.09. The molecule has 2 aliphatic heterocycles. The number of carbonyl (C=O) groups is 1. The van der Waals surface area contributed by atoms with Crippen molar-refractivity contribution in [1.29, 1.82) is 0 Å². The lowest BCUT2D eigenvalue weighted by Crippen LogP contribution is -2.54. The minimum absolute atomic E-state index is 0.195. The van der Waals surface area contributed by atoms with Gasteiger partial charge in [0.25, 0.3) is 0 Å². The molecule has 0 radical (unpaired) electrons. The molecule has 2 rings (SSSR count). The molecule has 2 amide bonds. The maximum atomic E-state index is 12.3. The van der Waals surface area contributed by atoms with Crippen molar-refractivity contribution in [3.8, 4) is 0 Å². The van der Waals surface area contributed by atoms with Crippen LogP contribution in [0.1, 0.15) is 20.3 Å². The monoisotopic (exact) mass is 268 g/mol. The van der Waals surface area contributed by atoms with Crippen LogP contribution in [-0.4, -0.2) is 79.6 Å². The van der Waals surface area contributed by atoms with E-state index in [0.717, 1.165) is 39.1 Å². The molecule has 0 saturated carbocycles. The zero-order valence-electron chi connectivity index (χ0n) is 12.7. The SMILES string of the molecule is CC(C)CC1CN(CC2CN(C)CCN2)C(=O)N1C. The summed E-state index contributed by atoms with van der Waals surface area (Å²) in [5, 5.41) is 3.51. The number of hydrogen-bond acceptors (Lipinski definition) is 3. The van der Waals surface area contributed by atoms with Gasteiger partial charge < -0.3 is 20.0 Å². The molecule has 2 saturated heterocycles. The van der Waals surface area contributed by atoms with E-state index < -0.39 is 0 Å². The third-order valence-electron chi connectivity index (χ3n) is 4.19. The second-order valence-corrected chi connectivity index (χ2v) is 6.50. The molecule has 2 fully saturated rings. The normalized spacial score (nSPS) is 29.6.